The van der Waals surface area contributed by atoms with Gasteiger partial charge in [0, 0.05) is 23.6 Å². The fourth-order valence-corrected chi connectivity index (χ4v) is 3.99. The Kier molecular flexibility index (Phi) is 7.53. The molecular formula is C21H19F4N5O4S. The third-order valence-electron chi connectivity index (χ3n) is 4.68. The molecule has 9 nitrogen and oxygen atoms in total. The van der Waals surface area contributed by atoms with Gasteiger partial charge in [-0.25, -0.2) is 23.4 Å². The minimum Gasteiger partial charge on any atom is -0.477 e. The Bertz CT molecular complexity index is 1390. The number of primary amides is 1. The summed E-state index contributed by atoms with van der Waals surface area (Å²) in [5.74, 6) is 3.98. The van der Waals surface area contributed by atoms with Gasteiger partial charge in [0.05, 0.1) is 17.2 Å². The van der Waals surface area contributed by atoms with Crippen LogP contribution in [0.5, 0.6) is 5.88 Å². The summed E-state index contributed by atoms with van der Waals surface area (Å²) in [4.78, 5) is 40.7. The Morgan fingerprint density at radius 1 is 1.20 bits per heavy atom. The van der Waals surface area contributed by atoms with Crippen LogP contribution in [0.25, 0.3) is 5.69 Å². The van der Waals surface area contributed by atoms with Crippen molar-refractivity contribution in [1.29, 1.82) is 0 Å². The van der Waals surface area contributed by atoms with Gasteiger partial charge in [-0.2, -0.15) is 13.2 Å². The normalized spacial score (nSPS) is 11.5. The smallest absolute Gasteiger partial charge is 0.433 e. The van der Waals surface area contributed by atoms with Crippen molar-refractivity contribution < 1.29 is 27.1 Å². The van der Waals surface area contributed by atoms with Crippen LogP contribution in [0.4, 0.5) is 17.6 Å². The van der Waals surface area contributed by atoms with Crippen molar-refractivity contribution in [3.05, 3.63) is 74.4 Å². The molecule has 0 unspecified atom stereocenters. The molecule has 0 saturated carbocycles. The summed E-state index contributed by atoms with van der Waals surface area (Å²) in [5.41, 5.74) is 0.300. The van der Waals surface area contributed by atoms with E-state index < -0.39 is 40.5 Å². The maximum Gasteiger partial charge on any atom is 0.433 e. The van der Waals surface area contributed by atoms with E-state index in [1.165, 1.54) is 6.20 Å². The van der Waals surface area contributed by atoms with E-state index in [1.807, 2.05) is 0 Å². The van der Waals surface area contributed by atoms with E-state index in [-0.39, 0.29) is 34.2 Å². The largest absolute Gasteiger partial charge is 0.477 e. The lowest BCUT2D eigenvalue weighted by Crippen LogP contribution is -2.45. The summed E-state index contributed by atoms with van der Waals surface area (Å²) >= 11 is 1.06. The van der Waals surface area contributed by atoms with Crippen molar-refractivity contribution in [2.24, 2.45) is 5.73 Å². The monoisotopic (exact) mass is 513 g/mol. The molecule has 35 heavy (non-hydrogen) atoms. The third kappa shape index (κ3) is 5.82. The highest BCUT2D eigenvalue weighted by Crippen LogP contribution is 2.37. The summed E-state index contributed by atoms with van der Waals surface area (Å²) in [6, 6.07) is 5.57. The zero-order valence-electron chi connectivity index (χ0n) is 18.1. The molecule has 0 saturated heterocycles. The number of carbonyl (C=O) groups excluding carboxylic acids is 1. The highest BCUT2D eigenvalue weighted by atomic mass is 32.2. The standard InChI is InChI=1S/C21H19F4N5O4S/c1-11-8-12(22)13(29-18(32)10-16(21(23,24)25)30(27)20(29)33)9-15(11)35-14-4-2-6-28-19(14)34-7-3-5-17(26)31/h2,4,6,8-10H,3,5,7,27H2,1H3,(H2,26,31). The molecule has 0 aliphatic rings. The van der Waals surface area contributed by atoms with Crippen molar-refractivity contribution in [2.45, 2.75) is 35.7 Å². The summed E-state index contributed by atoms with van der Waals surface area (Å²) in [6.07, 6.45) is -3.11. The highest BCUT2D eigenvalue weighted by molar-refractivity contribution is 7.99. The number of rotatable bonds is 8. The zero-order valence-corrected chi connectivity index (χ0v) is 19.0. The Hall–Kier alpha value is -3.81. The van der Waals surface area contributed by atoms with Crippen LogP contribution in [-0.4, -0.2) is 26.7 Å². The van der Waals surface area contributed by atoms with E-state index >= 15 is 0 Å². The third-order valence-corrected chi connectivity index (χ3v) is 5.87. The molecular weight excluding hydrogens is 494 g/mol. The molecule has 0 radical (unpaired) electrons. The van der Waals surface area contributed by atoms with Crippen molar-refractivity contribution in [3.8, 4) is 11.6 Å². The predicted molar refractivity (Wildman–Crippen MR) is 118 cm³/mol. The number of halogens is 4. The number of alkyl halides is 3. The topological polar surface area (TPSA) is 135 Å². The Morgan fingerprint density at radius 3 is 2.57 bits per heavy atom. The molecule has 3 rings (SSSR count). The van der Waals surface area contributed by atoms with E-state index in [9.17, 15) is 31.9 Å². The second-order valence-corrected chi connectivity index (χ2v) is 8.33. The quantitative estimate of drug-likeness (QED) is 0.268. The first-order valence-electron chi connectivity index (χ1n) is 9.96. The molecule has 0 aliphatic carbocycles. The Balaban J connectivity index is 2.01. The molecule has 0 bridgehead atoms. The van der Waals surface area contributed by atoms with Crippen LogP contribution in [0.2, 0.25) is 0 Å². The van der Waals surface area contributed by atoms with Gasteiger partial charge in [0.15, 0.2) is 5.69 Å². The van der Waals surface area contributed by atoms with Gasteiger partial charge in [0.25, 0.3) is 5.56 Å². The maximum absolute atomic E-state index is 14.8. The molecule has 0 aliphatic heterocycles. The van der Waals surface area contributed by atoms with Crippen LogP contribution in [0.1, 0.15) is 24.1 Å². The van der Waals surface area contributed by atoms with Crippen LogP contribution in [-0.2, 0) is 11.0 Å². The van der Waals surface area contributed by atoms with E-state index in [1.54, 1.807) is 19.1 Å². The predicted octanol–water partition coefficient (Wildman–Crippen LogP) is 2.37. The molecule has 186 valence electrons. The maximum atomic E-state index is 14.8. The number of aryl methyl sites for hydroxylation is 1. The number of benzene rings is 1. The van der Waals surface area contributed by atoms with Crippen molar-refractivity contribution in [2.75, 3.05) is 12.4 Å². The average molecular weight is 513 g/mol. The summed E-state index contributed by atoms with van der Waals surface area (Å²) in [5, 5.41) is 0. The molecule has 2 heterocycles. The number of nitrogens with zero attached hydrogens (tertiary/aromatic N) is 3. The number of nitrogen functional groups attached to an aromatic ring is 1. The second-order valence-electron chi connectivity index (χ2n) is 7.25. The van der Waals surface area contributed by atoms with Gasteiger partial charge in [-0.1, -0.05) is 11.8 Å². The van der Waals surface area contributed by atoms with Crippen LogP contribution in [0.15, 0.2) is 55.9 Å². The van der Waals surface area contributed by atoms with Gasteiger partial charge in [0.2, 0.25) is 11.8 Å². The minimum atomic E-state index is -5.06. The zero-order chi connectivity index (χ0) is 25.9. The fraction of sp³-hybridized carbons (Fsp3) is 0.238. The van der Waals surface area contributed by atoms with Crippen LogP contribution >= 0.6 is 11.8 Å². The van der Waals surface area contributed by atoms with Crippen LogP contribution < -0.4 is 27.6 Å². The first-order chi connectivity index (χ1) is 16.4. The number of amides is 1. The molecule has 1 aromatic carbocycles. The van der Waals surface area contributed by atoms with Crippen LogP contribution in [0.3, 0.4) is 0 Å². The van der Waals surface area contributed by atoms with Crippen molar-refractivity contribution in [1.82, 2.24) is 14.2 Å². The van der Waals surface area contributed by atoms with Crippen molar-refractivity contribution in [3.63, 3.8) is 0 Å². The van der Waals surface area contributed by atoms with E-state index in [4.69, 9.17) is 16.3 Å². The van der Waals surface area contributed by atoms with Gasteiger partial charge in [-0.15, -0.1) is 0 Å². The second kappa shape index (κ2) is 10.2. The Morgan fingerprint density at radius 2 is 1.91 bits per heavy atom. The molecule has 2 aromatic heterocycles. The lowest BCUT2D eigenvalue weighted by atomic mass is 10.2. The molecule has 0 atom stereocenters. The minimum absolute atomic E-state index is 0.118. The average Bonchev–Trinajstić information content (AvgIpc) is 2.76. The number of carbonyl (C=O) groups is 1. The van der Waals surface area contributed by atoms with E-state index in [0.717, 1.165) is 23.9 Å². The highest BCUT2D eigenvalue weighted by Gasteiger charge is 2.36. The molecule has 4 N–H and O–H groups in total. The number of hydrogen-bond donors (Lipinski definition) is 2. The number of hydrogen-bond acceptors (Lipinski definition) is 7. The summed E-state index contributed by atoms with van der Waals surface area (Å²) in [7, 11) is 0. The summed E-state index contributed by atoms with van der Waals surface area (Å²) < 4.78 is 59.5. The first kappa shape index (κ1) is 25.8. The SMILES string of the molecule is Cc1cc(F)c(-n2c(=O)cc(C(F)(F)F)n(N)c2=O)cc1Sc1cccnc1OCCCC(N)=O. The Labute approximate surface area is 199 Å². The van der Waals surface area contributed by atoms with Crippen LogP contribution in [0, 0.1) is 12.7 Å². The number of ether oxygens (including phenoxy) is 1. The molecule has 0 spiro atoms. The summed E-state index contributed by atoms with van der Waals surface area (Å²) in [6.45, 7) is 1.72. The van der Waals surface area contributed by atoms with Gasteiger partial charge in [-0.3, -0.25) is 9.59 Å². The number of nitrogens with two attached hydrogens (primary N) is 2. The molecule has 14 heteroatoms. The first-order valence-corrected chi connectivity index (χ1v) is 10.8. The lowest BCUT2D eigenvalue weighted by Gasteiger charge is -2.16. The van der Waals surface area contributed by atoms with Gasteiger partial charge >= 0.3 is 11.9 Å². The van der Waals surface area contributed by atoms with E-state index in [2.05, 4.69) is 4.98 Å². The molecule has 0 fully saturated rings. The number of pyridine rings is 1. The fourth-order valence-electron chi connectivity index (χ4n) is 3.02. The van der Waals surface area contributed by atoms with Gasteiger partial charge in [-0.05, 0) is 43.2 Å². The number of aromatic nitrogens is 3. The van der Waals surface area contributed by atoms with Gasteiger partial charge in [0.1, 0.15) is 5.82 Å². The van der Waals surface area contributed by atoms with Crippen molar-refractivity contribution >= 4 is 17.7 Å². The lowest BCUT2D eigenvalue weighted by molar-refractivity contribution is -0.143. The molecule has 1 amide bonds. The van der Waals surface area contributed by atoms with E-state index in [0.29, 0.717) is 21.8 Å². The van der Waals surface area contributed by atoms with Gasteiger partial charge < -0.3 is 16.3 Å². The molecule has 3 aromatic rings.